The first-order chi connectivity index (χ1) is 16.1. The van der Waals surface area contributed by atoms with E-state index in [4.69, 9.17) is 11.6 Å². The number of rotatable bonds is 8. The summed E-state index contributed by atoms with van der Waals surface area (Å²) in [6.07, 6.45) is 3.02. The predicted octanol–water partition coefficient (Wildman–Crippen LogP) is 6.15. The molecule has 1 fully saturated rings. The van der Waals surface area contributed by atoms with E-state index in [1.165, 1.54) is 5.56 Å². The Labute approximate surface area is 199 Å². The highest BCUT2D eigenvalue weighted by Crippen LogP contribution is 2.40. The van der Waals surface area contributed by atoms with Gasteiger partial charge in [-0.15, -0.1) is 0 Å². The first-order valence-corrected chi connectivity index (χ1v) is 11.8. The third-order valence-electron chi connectivity index (χ3n) is 6.83. The van der Waals surface area contributed by atoms with Gasteiger partial charge in [0.05, 0.1) is 0 Å². The number of carbonyl (C=O) groups is 2. The molecule has 0 amide bonds. The van der Waals surface area contributed by atoms with Gasteiger partial charge in [-0.2, -0.15) is 0 Å². The summed E-state index contributed by atoms with van der Waals surface area (Å²) in [4.78, 5) is 26.1. The van der Waals surface area contributed by atoms with Crippen molar-refractivity contribution in [2.45, 2.75) is 37.1 Å². The molecule has 3 aromatic rings. The molecule has 0 radical (unpaired) electrons. The van der Waals surface area contributed by atoms with Gasteiger partial charge in [-0.05, 0) is 47.9 Å². The average molecular weight is 462 g/mol. The van der Waals surface area contributed by atoms with Crippen LogP contribution in [0.2, 0.25) is 5.02 Å². The van der Waals surface area contributed by atoms with Gasteiger partial charge in [0.1, 0.15) is 11.8 Å². The van der Waals surface area contributed by atoms with E-state index in [2.05, 4.69) is 17.0 Å². The molecule has 1 unspecified atom stereocenters. The van der Waals surface area contributed by atoms with Crippen LogP contribution in [-0.2, 0) is 15.1 Å². The van der Waals surface area contributed by atoms with E-state index in [9.17, 15) is 14.7 Å². The van der Waals surface area contributed by atoms with Crippen LogP contribution in [0.5, 0.6) is 0 Å². The van der Waals surface area contributed by atoms with E-state index in [1.807, 2.05) is 66.7 Å². The van der Waals surface area contributed by atoms with E-state index in [0.717, 1.165) is 30.3 Å². The number of benzene rings is 3. The quantitative estimate of drug-likeness (QED) is 0.409. The number of piperidine rings is 1. The van der Waals surface area contributed by atoms with Crippen molar-refractivity contribution in [3.05, 3.63) is 95.0 Å². The fourth-order valence-electron chi connectivity index (χ4n) is 5.06. The fourth-order valence-corrected chi connectivity index (χ4v) is 5.30. The molecule has 0 saturated carbocycles. The second-order valence-corrected chi connectivity index (χ2v) is 9.01. The Bertz CT molecular complexity index is 1090. The fraction of sp³-hybridized carbons (Fsp3) is 0.286. The van der Waals surface area contributed by atoms with Gasteiger partial charge in [-0.25, -0.2) is 4.79 Å². The smallest absolute Gasteiger partial charge is 0.328 e. The van der Waals surface area contributed by atoms with Gasteiger partial charge in [0.15, 0.2) is 0 Å². The standard InChI is InChI=1S/C28H28ClNO3/c29-26-10-5-4-9-25(26)23-11-13-24(14-12-23)28(27(32)33,17-6-20-31)30-18-15-22(16-19-30)21-7-2-1-3-8-21/h1-5,7-14,20,22H,6,15-19H2,(H,32,33). The molecule has 170 valence electrons. The summed E-state index contributed by atoms with van der Waals surface area (Å²) in [6, 6.07) is 25.6. The first kappa shape index (κ1) is 23.2. The van der Waals surface area contributed by atoms with Gasteiger partial charge in [0.25, 0.3) is 0 Å². The Morgan fingerprint density at radius 3 is 2.21 bits per heavy atom. The van der Waals surface area contributed by atoms with Crippen molar-refractivity contribution in [1.82, 2.24) is 4.90 Å². The topological polar surface area (TPSA) is 57.6 Å². The number of carbonyl (C=O) groups excluding carboxylic acids is 1. The molecule has 5 heteroatoms. The lowest BCUT2D eigenvalue weighted by molar-refractivity contribution is -0.154. The Hall–Kier alpha value is -2.95. The normalized spacial score (nSPS) is 16.8. The van der Waals surface area contributed by atoms with E-state index in [0.29, 0.717) is 29.6 Å². The van der Waals surface area contributed by atoms with Crippen LogP contribution in [0.3, 0.4) is 0 Å². The van der Waals surface area contributed by atoms with Crippen LogP contribution in [-0.4, -0.2) is 35.4 Å². The van der Waals surface area contributed by atoms with Gasteiger partial charge in [-0.3, -0.25) is 4.90 Å². The van der Waals surface area contributed by atoms with Crippen LogP contribution in [0.1, 0.15) is 42.7 Å². The number of likely N-dealkylation sites (tertiary alicyclic amines) is 1. The maximum absolute atomic E-state index is 12.8. The number of aliphatic carboxylic acids is 1. The monoisotopic (exact) mass is 461 g/mol. The van der Waals surface area contributed by atoms with E-state index in [1.54, 1.807) is 0 Å². The van der Waals surface area contributed by atoms with Crippen LogP contribution in [0.25, 0.3) is 11.1 Å². The SMILES string of the molecule is O=CCCC(C(=O)O)(c1ccc(-c2ccccc2Cl)cc1)N1CCC(c2ccccc2)CC1. The molecule has 3 aromatic carbocycles. The number of nitrogens with zero attached hydrogens (tertiary/aromatic N) is 1. The van der Waals surface area contributed by atoms with Crippen molar-refractivity contribution in [2.24, 2.45) is 0 Å². The van der Waals surface area contributed by atoms with Gasteiger partial charge in [0.2, 0.25) is 0 Å². The summed E-state index contributed by atoms with van der Waals surface area (Å²) in [6.45, 7) is 1.33. The average Bonchev–Trinajstić information content (AvgIpc) is 2.86. The summed E-state index contributed by atoms with van der Waals surface area (Å²) in [5.74, 6) is -0.490. The third kappa shape index (κ3) is 4.73. The Morgan fingerprint density at radius 2 is 1.61 bits per heavy atom. The zero-order valence-corrected chi connectivity index (χ0v) is 19.2. The molecule has 4 rings (SSSR count). The zero-order chi connectivity index (χ0) is 23.3. The molecular formula is C28H28ClNO3. The largest absolute Gasteiger partial charge is 0.480 e. The van der Waals surface area contributed by atoms with Crippen LogP contribution in [0.4, 0.5) is 0 Å². The lowest BCUT2D eigenvalue weighted by Gasteiger charge is -2.44. The van der Waals surface area contributed by atoms with Crippen LogP contribution in [0.15, 0.2) is 78.9 Å². The summed E-state index contributed by atoms with van der Waals surface area (Å²) in [5.41, 5.74) is 2.60. The number of aldehydes is 1. The maximum atomic E-state index is 12.8. The molecule has 0 aromatic heterocycles. The second kappa shape index (κ2) is 10.3. The lowest BCUT2D eigenvalue weighted by atomic mass is 9.80. The predicted molar refractivity (Wildman–Crippen MR) is 131 cm³/mol. The van der Waals surface area contributed by atoms with Crippen molar-refractivity contribution in [3.8, 4) is 11.1 Å². The summed E-state index contributed by atoms with van der Waals surface area (Å²) in [7, 11) is 0. The van der Waals surface area contributed by atoms with Crippen molar-refractivity contribution in [1.29, 1.82) is 0 Å². The Balaban J connectivity index is 1.64. The number of carboxylic acids is 1. The van der Waals surface area contributed by atoms with E-state index < -0.39 is 11.5 Å². The number of hydrogen-bond acceptors (Lipinski definition) is 3. The minimum Gasteiger partial charge on any atom is -0.480 e. The molecule has 33 heavy (non-hydrogen) atoms. The second-order valence-electron chi connectivity index (χ2n) is 8.60. The van der Waals surface area contributed by atoms with Gasteiger partial charge >= 0.3 is 5.97 Å². The summed E-state index contributed by atoms with van der Waals surface area (Å²) < 4.78 is 0. The number of halogens is 1. The van der Waals surface area contributed by atoms with Crippen molar-refractivity contribution >= 4 is 23.9 Å². The lowest BCUT2D eigenvalue weighted by Crippen LogP contribution is -2.54. The molecular weight excluding hydrogens is 434 g/mol. The highest BCUT2D eigenvalue weighted by atomic mass is 35.5. The minimum absolute atomic E-state index is 0.192. The molecule has 1 aliphatic rings. The van der Waals surface area contributed by atoms with Crippen molar-refractivity contribution in [3.63, 3.8) is 0 Å². The Morgan fingerprint density at radius 1 is 0.970 bits per heavy atom. The molecule has 0 bridgehead atoms. The molecule has 0 aliphatic carbocycles. The minimum atomic E-state index is -1.23. The van der Waals surface area contributed by atoms with E-state index >= 15 is 0 Å². The molecule has 1 aliphatic heterocycles. The third-order valence-corrected chi connectivity index (χ3v) is 7.16. The highest BCUT2D eigenvalue weighted by molar-refractivity contribution is 6.33. The molecule has 4 nitrogen and oxygen atoms in total. The molecule has 1 saturated heterocycles. The molecule has 0 spiro atoms. The maximum Gasteiger partial charge on any atom is 0.328 e. The van der Waals surface area contributed by atoms with Crippen molar-refractivity contribution < 1.29 is 14.7 Å². The summed E-state index contributed by atoms with van der Waals surface area (Å²) >= 11 is 6.35. The van der Waals surface area contributed by atoms with Gasteiger partial charge in [-0.1, -0.05) is 84.4 Å². The molecule has 1 N–H and O–H groups in total. The van der Waals surface area contributed by atoms with Gasteiger partial charge in [0, 0.05) is 30.1 Å². The van der Waals surface area contributed by atoms with E-state index in [-0.39, 0.29) is 12.8 Å². The first-order valence-electron chi connectivity index (χ1n) is 11.4. The van der Waals surface area contributed by atoms with Crippen molar-refractivity contribution in [2.75, 3.05) is 13.1 Å². The molecule has 1 atom stereocenters. The molecule has 1 heterocycles. The Kier molecular flexibility index (Phi) is 7.26. The summed E-state index contributed by atoms with van der Waals surface area (Å²) in [5, 5.41) is 11.1. The van der Waals surface area contributed by atoms with Crippen LogP contribution >= 0.6 is 11.6 Å². The van der Waals surface area contributed by atoms with Crippen LogP contribution < -0.4 is 0 Å². The van der Waals surface area contributed by atoms with Gasteiger partial charge < -0.3 is 9.90 Å². The number of carboxylic acid groups (broad SMARTS) is 1. The van der Waals surface area contributed by atoms with Crippen LogP contribution in [0, 0.1) is 0 Å². The highest BCUT2D eigenvalue weighted by Gasteiger charge is 2.46. The number of hydrogen-bond donors (Lipinski definition) is 1. The zero-order valence-electron chi connectivity index (χ0n) is 18.5.